The highest BCUT2D eigenvalue weighted by molar-refractivity contribution is 7.14. The first kappa shape index (κ1) is 19.5. The molecular formula is C23H16FN3O2S. The topological polar surface area (TPSA) is 74.6 Å². The first-order chi connectivity index (χ1) is 14.6. The number of rotatable bonds is 6. The van der Waals surface area contributed by atoms with Crippen molar-refractivity contribution in [2.45, 2.75) is 0 Å². The minimum Gasteiger partial charge on any atom is -0.478 e. The molecular weight excluding hydrogens is 401 g/mol. The fourth-order valence-electron chi connectivity index (χ4n) is 2.86. The molecule has 5 nitrogen and oxygen atoms in total. The normalized spacial score (nSPS) is 11.0. The molecule has 148 valence electrons. The number of anilines is 1. The van der Waals surface area contributed by atoms with Gasteiger partial charge < -0.3 is 5.11 Å². The summed E-state index contributed by atoms with van der Waals surface area (Å²) >= 11 is 1.47. The van der Waals surface area contributed by atoms with Gasteiger partial charge in [0.15, 0.2) is 0 Å². The van der Waals surface area contributed by atoms with Crippen LogP contribution in [0.1, 0.15) is 15.9 Å². The van der Waals surface area contributed by atoms with Gasteiger partial charge in [-0.3, -0.25) is 5.43 Å². The number of carboxylic acid groups (broad SMARTS) is 1. The highest BCUT2D eigenvalue weighted by Crippen LogP contribution is 2.25. The summed E-state index contributed by atoms with van der Waals surface area (Å²) in [7, 11) is 0. The Bertz CT molecular complexity index is 1200. The number of carbonyl (C=O) groups is 1. The maximum atomic E-state index is 13.9. The Hall–Kier alpha value is -3.84. The second-order valence-corrected chi connectivity index (χ2v) is 7.25. The molecule has 3 aromatic carbocycles. The summed E-state index contributed by atoms with van der Waals surface area (Å²) in [6.45, 7) is 0. The number of carboxylic acids is 1. The Kier molecular flexibility index (Phi) is 5.63. The highest BCUT2D eigenvalue weighted by atomic mass is 32.1. The molecule has 0 spiro atoms. The quantitative estimate of drug-likeness (QED) is 0.309. The van der Waals surface area contributed by atoms with E-state index in [2.05, 4.69) is 15.5 Å². The van der Waals surface area contributed by atoms with Crippen LogP contribution >= 0.6 is 11.3 Å². The number of aromatic carboxylic acids is 1. The third kappa shape index (κ3) is 4.42. The molecule has 0 aliphatic carbocycles. The summed E-state index contributed by atoms with van der Waals surface area (Å²) in [5.74, 6) is -2.04. The number of benzene rings is 3. The van der Waals surface area contributed by atoms with Gasteiger partial charge in [-0.2, -0.15) is 5.10 Å². The Morgan fingerprint density at radius 1 is 1.00 bits per heavy atom. The first-order valence-corrected chi connectivity index (χ1v) is 9.91. The van der Waals surface area contributed by atoms with Gasteiger partial charge >= 0.3 is 5.97 Å². The van der Waals surface area contributed by atoms with E-state index in [1.165, 1.54) is 23.5 Å². The number of thiazole rings is 1. The van der Waals surface area contributed by atoms with E-state index in [0.29, 0.717) is 10.7 Å². The van der Waals surface area contributed by atoms with E-state index >= 15 is 0 Å². The molecule has 0 aliphatic heterocycles. The van der Waals surface area contributed by atoms with Crippen molar-refractivity contribution in [1.82, 2.24) is 4.98 Å². The maximum absolute atomic E-state index is 13.9. The molecule has 30 heavy (non-hydrogen) atoms. The maximum Gasteiger partial charge on any atom is 0.338 e. The molecule has 0 unspecified atom stereocenters. The van der Waals surface area contributed by atoms with E-state index in [-0.39, 0.29) is 5.56 Å². The molecule has 0 saturated heterocycles. The van der Waals surface area contributed by atoms with Crippen LogP contribution in [0.15, 0.2) is 83.3 Å². The van der Waals surface area contributed by atoms with Crippen molar-refractivity contribution in [1.29, 1.82) is 0 Å². The Morgan fingerprint density at radius 2 is 1.73 bits per heavy atom. The number of hydrogen-bond acceptors (Lipinski definition) is 5. The molecule has 0 fully saturated rings. The number of halogens is 1. The van der Waals surface area contributed by atoms with E-state index in [0.717, 1.165) is 22.4 Å². The van der Waals surface area contributed by atoms with Crippen molar-refractivity contribution in [2.75, 3.05) is 5.43 Å². The molecule has 0 aliphatic rings. The molecule has 0 saturated carbocycles. The standard InChI is InChI=1S/C23H16FN3O2S/c24-20-12-18(10-11-19(20)22(28)29)16-8-6-15(7-9-16)13-25-27-23-26-21(14-30-23)17-4-2-1-3-5-17/h1-14H,(H,26,27)(H,28,29). The molecule has 0 amide bonds. The van der Waals surface area contributed by atoms with Crippen molar-refractivity contribution in [3.63, 3.8) is 0 Å². The fourth-order valence-corrected chi connectivity index (χ4v) is 3.53. The minimum absolute atomic E-state index is 0.341. The van der Waals surface area contributed by atoms with Crippen LogP contribution in [0.2, 0.25) is 0 Å². The third-order valence-electron chi connectivity index (χ3n) is 4.39. The van der Waals surface area contributed by atoms with Crippen molar-refractivity contribution in [2.24, 2.45) is 5.10 Å². The zero-order valence-electron chi connectivity index (χ0n) is 15.6. The number of nitrogens with one attached hydrogen (secondary N) is 1. The van der Waals surface area contributed by atoms with Gasteiger partial charge in [-0.25, -0.2) is 14.2 Å². The molecule has 2 N–H and O–H groups in total. The average Bonchev–Trinajstić information content (AvgIpc) is 3.23. The van der Waals surface area contributed by atoms with Crippen LogP contribution in [-0.2, 0) is 0 Å². The SMILES string of the molecule is O=C(O)c1ccc(-c2ccc(C=NNc3nc(-c4ccccc4)cs3)cc2)cc1F. The first-order valence-electron chi connectivity index (χ1n) is 9.03. The predicted molar refractivity (Wildman–Crippen MR) is 118 cm³/mol. The Morgan fingerprint density at radius 3 is 2.43 bits per heavy atom. The van der Waals surface area contributed by atoms with Crippen LogP contribution in [0, 0.1) is 5.82 Å². The van der Waals surface area contributed by atoms with Crippen LogP contribution in [-0.4, -0.2) is 22.3 Å². The molecule has 0 radical (unpaired) electrons. The molecule has 0 atom stereocenters. The zero-order chi connectivity index (χ0) is 20.9. The van der Waals surface area contributed by atoms with E-state index < -0.39 is 11.8 Å². The van der Waals surface area contributed by atoms with Crippen molar-refractivity contribution in [3.8, 4) is 22.4 Å². The smallest absolute Gasteiger partial charge is 0.338 e. The van der Waals surface area contributed by atoms with Gasteiger partial charge in [-0.1, -0.05) is 60.7 Å². The number of hydrogen-bond donors (Lipinski definition) is 2. The third-order valence-corrected chi connectivity index (χ3v) is 5.14. The lowest BCUT2D eigenvalue weighted by Crippen LogP contribution is -2.00. The number of hydrazone groups is 1. The van der Waals surface area contributed by atoms with Crippen LogP contribution in [0.5, 0.6) is 0 Å². The van der Waals surface area contributed by atoms with Crippen LogP contribution in [0.25, 0.3) is 22.4 Å². The van der Waals surface area contributed by atoms with Gasteiger partial charge in [0.2, 0.25) is 5.13 Å². The zero-order valence-corrected chi connectivity index (χ0v) is 16.4. The summed E-state index contributed by atoms with van der Waals surface area (Å²) < 4.78 is 13.9. The predicted octanol–water partition coefficient (Wildman–Crippen LogP) is 5.76. The molecule has 7 heteroatoms. The summed E-state index contributed by atoms with van der Waals surface area (Å²) in [5, 5.41) is 15.8. The summed E-state index contributed by atoms with van der Waals surface area (Å²) in [4.78, 5) is 15.4. The van der Waals surface area contributed by atoms with Crippen molar-refractivity contribution >= 4 is 28.7 Å². The summed E-state index contributed by atoms with van der Waals surface area (Å²) in [6, 6.07) is 21.3. The second kappa shape index (κ2) is 8.67. The Labute approximate surface area is 176 Å². The molecule has 4 rings (SSSR count). The van der Waals surface area contributed by atoms with Gasteiger partial charge in [0.25, 0.3) is 0 Å². The van der Waals surface area contributed by atoms with Gasteiger partial charge in [0, 0.05) is 10.9 Å². The minimum atomic E-state index is -1.28. The lowest BCUT2D eigenvalue weighted by Gasteiger charge is -2.04. The van der Waals surface area contributed by atoms with E-state index in [9.17, 15) is 9.18 Å². The van der Waals surface area contributed by atoms with Gasteiger partial charge in [-0.05, 0) is 28.8 Å². The highest BCUT2D eigenvalue weighted by Gasteiger charge is 2.11. The van der Waals surface area contributed by atoms with Crippen molar-refractivity contribution < 1.29 is 14.3 Å². The lowest BCUT2D eigenvalue weighted by molar-refractivity contribution is 0.0692. The average molecular weight is 417 g/mol. The number of nitrogens with zero attached hydrogens (tertiary/aromatic N) is 2. The van der Waals surface area contributed by atoms with Crippen molar-refractivity contribution in [3.05, 3.63) is 95.1 Å². The summed E-state index contributed by atoms with van der Waals surface area (Å²) in [5.41, 5.74) is 6.77. The van der Waals surface area contributed by atoms with E-state index in [4.69, 9.17) is 5.11 Å². The second-order valence-electron chi connectivity index (χ2n) is 6.40. The largest absolute Gasteiger partial charge is 0.478 e. The van der Waals surface area contributed by atoms with Gasteiger partial charge in [0.05, 0.1) is 17.5 Å². The van der Waals surface area contributed by atoms with Crippen LogP contribution < -0.4 is 5.43 Å². The molecule has 0 bridgehead atoms. The number of aromatic nitrogens is 1. The molecule has 4 aromatic rings. The molecule has 1 heterocycles. The van der Waals surface area contributed by atoms with E-state index in [1.807, 2.05) is 60.0 Å². The van der Waals surface area contributed by atoms with Crippen LogP contribution in [0.3, 0.4) is 0 Å². The van der Waals surface area contributed by atoms with Gasteiger partial charge in [0.1, 0.15) is 5.82 Å². The monoisotopic (exact) mass is 417 g/mol. The molecule has 1 aromatic heterocycles. The summed E-state index contributed by atoms with van der Waals surface area (Å²) in [6.07, 6.45) is 1.67. The van der Waals surface area contributed by atoms with Crippen LogP contribution in [0.4, 0.5) is 9.52 Å². The Balaban J connectivity index is 1.41. The fraction of sp³-hybridized carbons (Fsp3) is 0. The van der Waals surface area contributed by atoms with Gasteiger partial charge in [-0.15, -0.1) is 11.3 Å². The van der Waals surface area contributed by atoms with E-state index in [1.54, 1.807) is 12.3 Å². The lowest BCUT2D eigenvalue weighted by atomic mass is 10.0.